The van der Waals surface area contributed by atoms with Gasteiger partial charge in [-0.2, -0.15) is 9.57 Å². The predicted molar refractivity (Wildman–Crippen MR) is 86.6 cm³/mol. The van der Waals surface area contributed by atoms with Gasteiger partial charge in [0.15, 0.2) is 0 Å². The zero-order chi connectivity index (χ0) is 16.3. The van der Waals surface area contributed by atoms with E-state index in [1.165, 1.54) is 4.31 Å². The average Bonchev–Trinajstić information content (AvgIpc) is 2.53. The molecule has 116 valence electrons. The molecular formula is C17H20N2O2S. The maximum absolute atomic E-state index is 12.7. The summed E-state index contributed by atoms with van der Waals surface area (Å²) in [6.07, 6.45) is 2.30. The third-order valence-corrected chi connectivity index (χ3v) is 5.95. The second-order valence-electron chi connectivity index (χ2n) is 5.53. The number of nitrogens with zero attached hydrogens (tertiary/aromatic N) is 2. The van der Waals surface area contributed by atoms with Crippen molar-refractivity contribution in [2.24, 2.45) is 5.92 Å². The van der Waals surface area contributed by atoms with Crippen molar-refractivity contribution in [2.75, 3.05) is 13.1 Å². The summed E-state index contributed by atoms with van der Waals surface area (Å²) in [6, 6.07) is 9.03. The van der Waals surface area contributed by atoms with Gasteiger partial charge >= 0.3 is 0 Å². The molecule has 5 heteroatoms. The van der Waals surface area contributed by atoms with Gasteiger partial charge in [-0.25, -0.2) is 8.42 Å². The van der Waals surface area contributed by atoms with Crippen LogP contribution in [0.2, 0.25) is 0 Å². The van der Waals surface area contributed by atoms with Crippen LogP contribution in [0.3, 0.4) is 0 Å². The van der Waals surface area contributed by atoms with E-state index >= 15 is 0 Å². The first-order valence-electron chi connectivity index (χ1n) is 7.19. The fourth-order valence-corrected chi connectivity index (χ4v) is 4.15. The smallest absolute Gasteiger partial charge is 0.207 e. The van der Waals surface area contributed by atoms with Crippen LogP contribution in [0.4, 0.5) is 0 Å². The number of rotatable bonds is 3. The van der Waals surface area contributed by atoms with Crippen LogP contribution in [-0.4, -0.2) is 25.8 Å². The molecule has 0 spiro atoms. The molecule has 4 nitrogen and oxygen atoms in total. The van der Waals surface area contributed by atoms with Gasteiger partial charge in [0.05, 0.1) is 11.0 Å². The third-order valence-electron chi connectivity index (χ3n) is 4.07. The third kappa shape index (κ3) is 3.13. The van der Waals surface area contributed by atoms with E-state index in [2.05, 4.69) is 12.6 Å². The molecule has 1 saturated heterocycles. The summed E-state index contributed by atoms with van der Waals surface area (Å²) in [5, 5.41) is 9.06. The maximum Gasteiger partial charge on any atom is 0.243 e. The molecule has 0 N–H and O–H groups in total. The van der Waals surface area contributed by atoms with Gasteiger partial charge in [0.25, 0.3) is 0 Å². The van der Waals surface area contributed by atoms with Crippen molar-refractivity contribution in [3.05, 3.63) is 53.6 Å². The van der Waals surface area contributed by atoms with Crippen molar-refractivity contribution in [1.82, 2.24) is 4.31 Å². The predicted octanol–water partition coefficient (Wildman–Crippen LogP) is 3.03. The van der Waals surface area contributed by atoms with Gasteiger partial charge in [-0.1, -0.05) is 23.8 Å². The number of aryl methyl sites for hydroxylation is 1. The highest BCUT2D eigenvalue weighted by atomic mass is 32.2. The second-order valence-corrected chi connectivity index (χ2v) is 7.47. The van der Waals surface area contributed by atoms with E-state index in [1.807, 2.05) is 6.92 Å². The van der Waals surface area contributed by atoms with Gasteiger partial charge in [-0.05, 0) is 38.0 Å². The Labute approximate surface area is 132 Å². The summed E-state index contributed by atoms with van der Waals surface area (Å²) in [5.74, 6) is -0.103. The lowest BCUT2D eigenvalue weighted by atomic mass is 9.89. The van der Waals surface area contributed by atoms with Crippen LogP contribution in [-0.2, 0) is 10.0 Å². The Balaban J connectivity index is 2.30. The number of sulfonamides is 1. The summed E-state index contributed by atoms with van der Waals surface area (Å²) in [7, 11) is -3.50. The molecule has 1 heterocycles. The highest BCUT2D eigenvalue weighted by Crippen LogP contribution is 2.30. The number of hydrogen-bond donors (Lipinski definition) is 0. The first-order valence-corrected chi connectivity index (χ1v) is 8.63. The Hall–Kier alpha value is -1.90. The quantitative estimate of drug-likeness (QED) is 0.636. The molecular weight excluding hydrogens is 296 g/mol. The number of nitriles is 1. The van der Waals surface area contributed by atoms with Gasteiger partial charge in [-0.15, -0.1) is 6.58 Å². The van der Waals surface area contributed by atoms with Gasteiger partial charge < -0.3 is 0 Å². The van der Waals surface area contributed by atoms with Crippen molar-refractivity contribution >= 4 is 10.0 Å². The van der Waals surface area contributed by atoms with Gasteiger partial charge in [0, 0.05) is 24.6 Å². The lowest BCUT2D eigenvalue weighted by Crippen LogP contribution is -2.40. The Bertz CT molecular complexity index is 740. The molecule has 1 aromatic carbocycles. The van der Waals surface area contributed by atoms with Crippen molar-refractivity contribution < 1.29 is 8.42 Å². The minimum absolute atomic E-state index is 0.103. The zero-order valence-electron chi connectivity index (χ0n) is 12.9. The van der Waals surface area contributed by atoms with E-state index in [0.29, 0.717) is 30.0 Å². The fourth-order valence-electron chi connectivity index (χ4n) is 2.68. The van der Waals surface area contributed by atoms with E-state index in [-0.39, 0.29) is 5.92 Å². The van der Waals surface area contributed by atoms with Crippen molar-refractivity contribution in [3.63, 3.8) is 0 Å². The first kappa shape index (κ1) is 16.5. The summed E-state index contributed by atoms with van der Waals surface area (Å²) in [4.78, 5) is 0.311. The van der Waals surface area contributed by atoms with E-state index in [9.17, 15) is 8.42 Å². The second kappa shape index (κ2) is 6.47. The summed E-state index contributed by atoms with van der Waals surface area (Å²) in [5.41, 5.74) is 2.68. The molecule has 1 atom stereocenters. The Morgan fingerprint density at radius 1 is 1.41 bits per heavy atom. The Morgan fingerprint density at radius 3 is 2.59 bits per heavy atom. The number of benzene rings is 1. The molecule has 1 unspecified atom stereocenters. The molecule has 1 aliphatic heterocycles. The molecule has 2 rings (SSSR count). The monoisotopic (exact) mass is 316 g/mol. The van der Waals surface area contributed by atoms with E-state index in [0.717, 1.165) is 11.1 Å². The van der Waals surface area contributed by atoms with Crippen LogP contribution >= 0.6 is 0 Å². The SMILES string of the molecule is C=CC1CN(S(=O)(=O)c2ccc(C)cc2)CC/C1=C(\C)C#N. The molecule has 1 aromatic rings. The average molecular weight is 316 g/mol. The summed E-state index contributed by atoms with van der Waals surface area (Å²) in [6.45, 7) is 8.22. The van der Waals surface area contributed by atoms with Crippen molar-refractivity contribution in [2.45, 2.75) is 25.2 Å². The van der Waals surface area contributed by atoms with Gasteiger partial charge in [-0.3, -0.25) is 0 Å². The van der Waals surface area contributed by atoms with Crippen LogP contribution < -0.4 is 0 Å². The van der Waals surface area contributed by atoms with Gasteiger partial charge in [0.2, 0.25) is 10.0 Å². The van der Waals surface area contributed by atoms with E-state index in [1.54, 1.807) is 37.3 Å². The van der Waals surface area contributed by atoms with Crippen molar-refractivity contribution in [1.29, 1.82) is 5.26 Å². The molecule has 0 bridgehead atoms. The Morgan fingerprint density at radius 2 is 2.05 bits per heavy atom. The molecule has 1 fully saturated rings. The molecule has 0 saturated carbocycles. The molecule has 22 heavy (non-hydrogen) atoms. The standard InChI is InChI=1S/C17H20N2O2S/c1-4-15-12-19(10-9-17(15)14(3)11-18)22(20,21)16-7-5-13(2)6-8-16/h4-8,15H,1,9-10,12H2,2-3H3/b17-14-. The maximum atomic E-state index is 12.7. The normalized spacial score (nSPS) is 22.0. The topological polar surface area (TPSA) is 61.2 Å². The number of hydrogen-bond acceptors (Lipinski definition) is 3. The molecule has 0 amide bonds. The minimum atomic E-state index is -3.50. The van der Waals surface area contributed by atoms with Crippen LogP contribution in [0.1, 0.15) is 18.9 Å². The highest BCUT2D eigenvalue weighted by Gasteiger charge is 2.32. The first-order chi connectivity index (χ1) is 10.4. The fraction of sp³-hybridized carbons (Fsp3) is 0.353. The van der Waals surface area contributed by atoms with Crippen LogP contribution in [0, 0.1) is 24.2 Å². The number of piperidine rings is 1. The molecule has 1 aliphatic rings. The summed E-state index contributed by atoms with van der Waals surface area (Å²) >= 11 is 0. The molecule has 0 aliphatic carbocycles. The van der Waals surface area contributed by atoms with Crippen molar-refractivity contribution in [3.8, 4) is 6.07 Å². The lowest BCUT2D eigenvalue weighted by molar-refractivity contribution is 0.351. The highest BCUT2D eigenvalue weighted by molar-refractivity contribution is 7.89. The van der Waals surface area contributed by atoms with Crippen LogP contribution in [0.15, 0.2) is 53.0 Å². The van der Waals surface area contributed by atoms with E-state index in [4.69, 9.17) is 5.26 Å². The van der Waals surface area contributed by atoms with Gasteiger partial charge in [0.1, 0.15) is 0 Å². The molecule has 0 aromatic heterocycles. The zero-order valence-corrected chi connectivity index (χ0v) is 13.7. The largest absolute Gasteiger partial charge is 0.243 e. The lowest BCUT2D eigenvalue weighted by Gasteiger charge is -2.33. The minimum Gasteiger partial charge on any atom is -0.207 e. The van der Waals surface area contributed by atoms with Crippen LogP contribution in [0.25, 0.3) is 0 Å². The summed E-state index contributed by atoms with van der Waals surface area (Å²) < 4.78 is 26.9. The molecule has 0 radical (unpaired) electrons. The number of allylic oxidation sites excluding steroid dienone is 1. The van der Waals surface area contributed by atoms with Crippen LogP contribution in [0.5, 0.6) is 0 Å². The Kier molecular flexibility index (Phi) is 4.84. The van der Waals surface area contributed by atoms with E-state index < -0.39 is 10.0 Å².